The van der Waals surface area contributed by atoms with Crippen LogP contribution in [0.5, 0.6) is 5.75 Å². The number of aliphatic hydroxyl groups is 2. The average Bonchev–Trinajstić information content (AvgIpc) is 2.67. The lowest BCUT2D eigenvalue weighted by atomic mass is 9.81. The van der Waals surface area contributed by atoms with E-state index in [0.29, 0.717) is 31.1 Å². The quantitative estimate of drug-likeness (QED) is 0.773. The lowest BCUT2D eigenvalue weighted by Crippen LogP contribution is -2.69. The molecule has 4 rings (SSSR count). The van der Waals surface area contributed by atoms with Gasteiger partial charge in [-0.05, 0) is 48.2 Å². The van der Waals surface area contributed by atoms with E-state index in [9.17, 15) is 10.2 Å². The van der Waals surface area contributed by atoms with Gasteiger partial charge in [-0.1, -0.05) is 35.9 Å². The van der Waals surface area contributed by atoms with Crippen molar-refractivity contribution in [3.05, 3.63) is 64.2 Å². The summed E-state index contributed by atoms with van der Waals surface area (Å²) in [7, 11) is 0. The van der Waals surface area contributed by atoms with Gasteiger partial charge in [-0.15, -0.1) is 0 Å². The molecule has 0 spiro atoms. The van der Waals surface area contributed by atoms with Crippen molar-refractivity contribution in [2.75, 3.05) is 19.8 Å². The molecule has 2 saturated heterocycles. The predicted molar refractivity (Wildman–Crippen MR) is 106 cm³/mol. The Balaban J connectivity index is 1.53. The van der Waals surface area contributed by atoms with Gasteiger partial charge in [0.05, 0.1) is 32.0 Å². The van der Waals surface area contributed by atoms with Crippen molar-refractivity contribution in [2.45, 2.75) is 43.7 Å². The molecule has 2 fully saturated rings. The highest BCUT2D eigenvalue weighted by molar-refractivity contribution is 6.31. The molecule has 2 aliphatic heterocycles. The van der Waals surface area contributed by atoms with Crippen molar-refractivity contribution in [2.24, 2.45) is 0 Å². The number of halogens is 1. The number of hydrogen-bond acceptors (Lipinski definition) is 5. The van der Waals surface area contributed by atoms with Crippen molar-refractivity contribution in [3.8, 4) is 5.75 Å². The van der Waals surface area contributed by atoms with Crippen LogP contribution in [-0.4, -0.2) is 47.8 Å². The number of benzene rings is 2. The first-order valence-electron chi connectivity index (χ1n) is 9.63. The Morgan fingerprint density at radius 2 is 2.00 bits per heavy atom. The van der Waals surface area contributed by atoms with E-state index in [1.165, 1.54) is 0 Å². The lowest BCUT2D eigenvalue weighted by Gasteiger charge is -2.54. The van der Waals surface area contributed by atoms with Gasteiger partial charge >= 0.3 is 0 Å². The van der Waals surface area contributed by atoms with E-state index in [1.54, 1.807) is 0 Å². The molecule has 28 heavy (non-hydrogen) atoms. The van der Waals surface area contributed by atoms with Crippen LogP contribution >= 0.6 is 11.6 Å². The Labute approximate surface area is 169 Å². The molecule has 0 saturated carbocycles. The fourth-order valence-corrected chi connectivity index (χ4v) is 4.18. The molecule has 2 aromatic rings. The fraction of sp³-hybridized carbons (Fsp3) is 0.455. The second-order valence-corrected chi connectivity index (χ2v) is 7.88. The summed E-state index contributed by atoms with van der Waals surface area (Å²) >= 11 is 6.44. The van der Waals surface area contributed by atoms with Crippen molar-refractivity contribution in [1.82, 2.24) is 0 Å². The third kappa shape index (κ3) is 3.65. The van der Waals surface area contributed by atoms with E-state index in [1.807, 2.05) is 49.4 Å². The summed E-state index contributed by atoms with van der Waals surface area (Å²) in [5.74, 6) is 0.849. The van der Waals surface area contributed by atoms with Gasteiger partial charge in [-0.3, -0.25) is 0 Å². The molecule has 0 amide bonds. The van der Waals surface area contributed by atoms with Gasteiger partial charge in [0.15, 0.2) is 0 Å². The number of rotatable bonds is 6. The fourth-order valence-electron chi connectivity index (χ4n) is 4.00. The standard InChI is InChI=1S/C22H25ClO5/c1-2-26-17-6-3-14(4-7-17)9-16-10-15(5-8-18(16)23)20-11-19(25)21-22(12-24,28-20)13-27-21/h3-8,10,19-21,24-25H,2,9,11-13H2,1H3/t19?,20?,21-,22?/m0/s1. The third-order valence-corrected chi connectivity index (χ3v) is 5.91. The molecular weight excluding hydrogens is 380 g/mol. The zero-order valence-corrected chi connectivity index (χ0v) is 16.6. The first-order chi connectivity index (χ1) is 13.5. The number of hydrogen-bond donors (Lipinski definition) is 2. The van der Waals surface area contributed by atoms with Crippen LogP contribution < -0.4 is 4.74 Å². The van der Waals surface area contributed by atoms with Gasteiger partial charge in [0.2, 0.25) is 0 Å². The van der Waals surface area contributed by atoms with Gasteiger partial charge in [-0.2, -0.15) is 0 Å². The highest BCUT2D eigenvalue weighted by atomic mass is 35.5. The minimum Gasteiger partial charge on any atom is -0.494 e. The van der Waals surface area contributed by atoms with Crippen molar-refractivity contribution in [1.29, 1.82) is 0 Å². The van der Waals surface area contributed by atoms with Crippen molar-refractivity contribution < 1.29 is 24.4 Å². The number of fused-ring (bicyclic) bond motifs is 1. The summed E-state index contributed by atoms with van der Waals surface area (Å²) in [6.45, 7) is 2.73. The molecule has 3 unspecified atom stereocenters. The Bertz CT molecular complexity index is 820. The number of ether oxygens (including phenoxy) is 3. The summed E-state index contributed by atoms with van der Waals surface area (Å²) in [6.07, 6.45) is -0.310. The Morgan fingerprint density at radius 3 is 2.64 bits per heavy atom. The molecule has 0 radical (unpaired) electrons. The van der Waals surface area contributed by atoms with Crippen LogP contribution in [0.2, 0.25) is 5.02 Å². The summed E-state index contributed by atoms with van der Waals surface area (Å²) in [4.78, 5) is 0. The first-order valence-corrected chi connectivity index (χ1v) is 10.0. The molecule has 2 heterocycles. The zero-order chi connectivity index (χ0) is 19.7. The molecule has 0 aromatic heterocycles. The van der Waals surface area contributed by atoms with E-state index in [2.05, 4.69) is 0 Å². The van der Waals surface area contributed by atoms with E-state index >= 15 is 0 Å². The predicted octanol–water partition coefficient (Wildman–Crippen LogP) is 3.28. The van der Waals surface area contributed by atoms with Crippen LogP contribution in [0.25, 0.3) is 0 Å². The topological polar surface area (TPSA) is 68.2 Å². The molecule has 6 heteroatoms. The first kappa shape index (κ1) is 19.7. The molecule has 4 atom stereocenters. The van der Waals surface area contributed by atoms with E-state index < -0.39 is 17.8 Å². The molecule has 0 bridgehead atoms. The smallest absolute Gasteiger partial charge is 0.144 e. The largest absolute Gasteiger partial charge is 0.494 e. The maximum atomic E-state index is 10.4. The molecule has 2 aliphatic rings. The summed E-state index contributed by atoms with van der Waals surface area (Å²) in [5.41, 5.74) is 2.26. The molecule has 0 aliphatic carbocycles. The Kier molecular flexibility index (Phi) is 5.63. The molecule has 2 N–H and O–H groups in total. The zero-order valence-electron chi connectivity index (χ0n) is 15.8. The van der Waals surface area contributed by atoms with Crippen LogP contribution in [0, 0.1) is 0 Å². The van der Waals surface area contributed by atoms with Gasteiger partial charge in [-0.25, -0.2) is 0 Å². The van der Waals surface area contributed by atoms with E-state index in [-0.39, 0.29) is 12.7 Å². The monoisotopic (exact) mass is 404 g/mol. The van der Waals surface area contributed by atoms with E-state index in [4.69, 9.17) is 25.8 Å². The van der Waals surface area contributed by atoms with Crippen LogP contribution in [0.15, 0.2) is 42.5 Å². The summed E-state index contributed by atoms with van der Waals surface area (Å²) < 4.78 is 17.1. The van der Waals surface area contributed by atoms with Crippen LogP contribution in [-0.2, 0) is 15.9 Å². The van der Waals surface area contributed by atoms with Crippen LogP contribution in [0.1, 0.15) is 36.1 Å². The van der Waals surface area contributed by atoms with Gasteiger partial charge in [0, 0.05) is 11.4 Å². The van der Waals surface area contributed by atoms with Gasteiger partial charge in [0.1, 0.15) is 17.5 Å². The molecule has 2 aromatic carbocycles. The second-order valence-electron chi connectivity index (χ2n) is 7.47. The summed E-state index contributed by atoms with van der Waals surface area (Å²) in [6, 6.07) is 13.8. The van der Waals surface area contributed by atoms with Crippen LogP contribution in [0.4, 0.5) is 0 Å². The van der Waals surface area contributed by atoms with Gasteiger partial charge < -0.3 is 24.4 Å². The van der Waals surface area contributed by atoms with Crippen molar-refractivity contribution >= 4 is 11.6 Å². The maximum absolute atomic E-state index is 10.4. The highest BCUT2D eigenvalue weighted by Gasteiger charge is 2.57. The summed E-state index contributed by atoms with van der Waals surface area (Å²) in [5, 5.41) is 20.9. The Hall–Kier alpha value is -1.63. The third-order valence-electron chi connectivity index (χ3n) is 5.55. The van der Waals surface area contributed by atoms with E-state index in [0.717, 1.165) is 22.4 Å². The minimum absolute atomic E-state index is 0.169. The molecular formula is C22H25ClO5. The second kappa shape index (κ2) is 8.01. The molecule has 5 nitrogen and oxygen atoms in total. The highest BCUT2D eigenvalue weighted by Crippen LogP contribution is 2.44. The molecule has 150 valence electrons. The van der Waals surface area contributed by atoms with Crippen molar-refractivity contribution in [3.63, 3.8) is 0 Å². The average molecular weight is 405 g/mol. The van der Waals surface area contributed by atoms with Gasteiger partial charge in [0.25, 0.3) is 0 Å². The Morgan fingerprint density at radius 1 is 1.21 bits per heavy atom. The minimum atomic E-state index is -0.808. The lowest BCUT2D eigenvalue weighted by molar-refractivity contribution is -0.341. The maximum Gasteiger partial charge on any atom is 0.144 e. The van der Waals surface area contributed by atoms with Crippen LogP contribution in [0.3, 0.4) is 0 Å². The number of aliphatic hydroxyl groups excluding tert-OH is 2. The normalized spacial score (nSPS) is 29.1. The SMILES string of the molecule is CCOc1ccc(Cc2cc(C3CC(O)[C@@H]4OCC4(CO)O3)ccc2Cl)cc1.